The summed E-state index contributed by atoms with van der Waals surface area (Å²) in [7, 11) is 0. The van der Waals surface area contributed by atoms with Crippen molar-refractivity contribution < 1.29 is 0 Å². The quantitative estimate of drug-likeness (QED) is 0.844. The zero-order valence-electron chi connectivity index (χ0n) is 10.3. The highest BCUT2D eigenvalue weighted by Crippen LogP contribution is 2.28. The number of rotatable bonds is 4. The molecule has 0 saturated carbocycles. The molecule has 3 heteroatoms. The number of hydrogen-bond acceptors (Lipinski definition) is 2. The Morgan fingerprint density at radius 3 is 2.50 bits per heavy atom. The third-order valence-electron chi connectivity index (χ3n) is 2.94. The fraction of sp³-hybridized carbons (Fsp3) is 0.200. The highest BCUT2D eigenvalue weighted by Gasteiger charge is 2.12. The second-order valence-corrected chi connectivity index (χ2v) is 5.85. The lowest BCUT2D eigenvalue weighted by atomic mass is 10.00. The first-order valence-electron chi connectivity index (χ1n) is 5.84. The molecular formula is C15H16BrNS. The number of benzene rings is 2. The second-order valence-electron chi connectivity index (χ2n) is 4.14. The molecule has 0 aliphatic carbocycles. The van der Waals surface area contributed by atoms with Gasteiger partial charge in [-0.2, -0.15) is 0 Å². The van der Waals surface area contributed by atoms with Gasteiger partial charge >= 0.3 is 0 Å². The average Bonchev–Trinajstić information content (AvgIpc) is 2.41. The molecule has 2 N–H and O–H groups in total. The maximum Gasteiger partial charge on any atom is 0.0347 e. The minimum Gasteiger partial charge on any atom is -0.324 e. The summed E-state index contributed by atoms with van der Waals surface area (Å²) in [6.07, 6.45) is 2.93. The molecule has 0 bridgehead atoms. The smallest absolute Gasteiger partial charge is 0.0347 e. The van der Waals surface area contributed by atoms with E-state index in [1.807, 2.05) is 12.1 Å². The average molecular weight is 322 g/mol. The molecule has 1 nitrogen and oxygen atoms in total. The molecule has 2 aromatic rings. The Morgan fingerprint density at radius 1 is 1.11 bits per heavy atom. The fourth-order valence-corrected chi connectivity index (χ4v) is 3.10. The van der Waals surface area contributed by atoms with Crippen molar-refractivity contribution in [3.63, 3.8) is 0 Å². The molecule has 18 heavy (non-hydrogen) atoms. The van der Waals surface area contributed by atoms with E-state index in [-0.39, 0.29) is 6.04 Å². The summed E-state index contributed by atoms with van der Waals surface area (Å²) in [5.74, 6) is 0. The Kier molecular flexibility index (Phi) is 4.87. The van der Waals surface area contributed by atoms with Gasteiger partial charge in [0.25, 0.3) is 0 Å². The van der Waals surface area contributed by atoms with Gasteiger partial charge in [-0.25, -0.2) is 0 Å². The van der Waals surface area contributed by atoms with Gasteiger partial charge in [0.1, 0.15) is 0 Å². The van der Waals surface area contributed by atoms with Crippen molar-refractivity contribution >= 4 is 27.7 Å². The first kappa shape index (κ1) is 13.7. The zero-order valence-corrected chi connectivity index (χ0v) is 12.7. The van der Waals surface area contributed by atoms with Gasteiger partial charge in [0.15, 0.2) is 0 Å². The van der Waals surface area contributed by atoms with E-state index in [0.717, 1.165) is 10.9 Å². The van der Waals surface area contributed by atoms with Crippen LogP contribution in [0.2, 0.25) is 0 Å². The molecule has 0 aliphatic heterocycles. The normalized spacial score (nSPS) is 12.4. The van der Waals surface area contributed by atoms with Crippen molar-refractivity contribution in [3.05, 3.63) is 64.1 Å². The third-order valence-corrected chi connectivity index (χ3v) is 4.52. The van der Waals surface area contributed by atoms with Crippen LogP contribution in [0.25, 0.3) is 0 Å². The second kappa shape index (κ2) is 6.41. The van der Waals surface area contributed by atoms with Gasteiger partial charge in [0, 0.05) is 15.4 Å². The molecule has 0 spiro atoms. The van der Waals surface area contributed by atoms with Crippen molar-refractivity contribution in [2.75, 3.05) is 6.26 Å². The molecule has 94 valence electrons. The van der Waals surface area contributed by atoms with Crippen molar-refractivity contribution in [1.29, 1.82) is 0 Å². The van der Waals surface area contributed by atoms with E-state index in [9.17, 15) is 0 Å². The van der Waals surface area contributed by atoms with E-state index in [1.54, 1.807) is 11.8 Å². The van der Waals surface area contributed by atoms with Gasteiger partial charge < -0.3 is 5.73 Å². The summed E-state index contributed by atoms with van der Waals surface area (Å²) < 4.78 is 1.13. The summed E-state index contributed by atoms with van der Waals surface area (Å²) >= 11 is 5.32. The molecule has 1 atom stereocenters. The lowest BCUT2D eigenvalue weighted by Crippen LogP contribution is -2.14. The zero-order chi connectivity index (χ0) is 13.0. The van der Waals surface area contributed by atoms with Crippen LogP contribution in [0.5, 0.6) is 0 Å². The maximum atomic E-state index is 6.34. The molecule has 0 fully saturated rings. The summed E-state index contributed by atoms with van der Waals surface area (Å²) in [4.78, 5) is 1.26. The van der Waals surface area contributed by atoms with Crippen LogP contribution in [0.3, 0.4) is 0 Å². The van der Waals surface area contributed by atoms with Crippen LogP contribution in [0.15, 0.2) is 57.9 Å². The molecule has 0 aliphatic rings. The number of nitrogens with two attached hydrogens (primary N) is 1. The van der Waals surface area contributed by atoms with Crippen LogP contribution < -0.4 is 5.73 Å². The fourth-order valence-electron chi connectivity index (χ4n) is 1.98. The van der Waals surface area contributed by atoms with E-state index in [2.05, 4.69) is 58.6 Å². The Hall–Kier alpha value is -0.770. The third kappa shape index (κ3) is 3.16. The molecule has 0 heterocycles. The standard InChI is InChI=1S/C15H16BrNS/c1-18-15-9-5-3-7-12(15)14(17)10-11-6-2-4-8-13(11)16/h2-9,14H,10,17H2,1H3. The van der Waals surface area contributed by atoms with Crippen LogP contribution in [-0.4, -0.2) is 6.26 Å². The van der Waals surface area contributed by atoms with E-state index in [1.165, 1.54) is 16.0 Å². The van der Waals surface area contributed by atoms with Gasteiger partial charge in [-0.15, -0.1) is 11.8 Å². The molecule has 0 saturated heterocycles. The molecule has 2 rings (SSSR count). The summed E-state index contributed by atoms with van der Waals surface area (Å²) in [6.45, 7) is 0. The number of hydrogen-bond donors (Lipinski definition) is 1. The minimum atomic E-state index is 0.0346. The molecule has 0 amide bonds. The topological polar surface area (TPSA) is 26.0 Å². The van der Waals surface area contributed by atoms with Crippen LogP contribution in [0.1, 0.15) is 17.2 Å². The molecular weight excluding hydrogens is 306 g/mol. The van der Waals surface area contributed by atoms with Gasteiger partial charge in [-0.3, -0.25) is 0 Å². The van der Waals surface area contributed by atoms with E-state index >= 15 is 0 Å². The van der Waals surface area contributed by atoms with Gasteiger partial charge in [-0.1, -0.05) is 52.3 Å². The SMILES string of the molecule is CSc1ccccc1C(N)Cc1ccccc1Br. The first-order chi connectivity index (χ1) is 8.72. The van der Waals surface area contributed by atoms with E-state index in [4.69, 9.17) is 5.73 Å². The van der Waals surface area contributed by atoms with Crippen LogP contribution in [0.4, 0.5) is 0 Å². The minimum absolute atomic E-state index is 0.0346. The Labute approximate surface area is 121 Å². The van der Waals surface area contributed by atoms with Crippen LogP contribution in [-0.2, 0) is 6.42 Å². The largest absolute Gasteiger partial charge is 0.324 e. The summed E-state index contributed by atoms with van der Waals surface area (Å²) in [5, 5.41) is 0. The lowest BCUT2D eigenvalue weighted by Gasteiger charge is -2.16. The predicted molar refractivity (Wildman–Crippen MR) is 83.0 cm³/mol. The summed E-state index contributed by atoms with van der Waals surface area (Å²) in [6, 6.07) is 16.6. The molecule has 0 radical (unpaired) electrons. The van der Waals surface area contributed by atoms with Gasteiger partial charge in [0.2, 0.25) is 0 Å². The van der Waals surface area contributed by atoms with Gasteiger partial charge in [-0.05, 0) is 35.9 Å². The van der Waals surface area contributed by atoms with Crippen molar-refractivity contribution in [1.82, 2.24) is 0 Å². The molecule has 2 aromatic carbocycles. The summed E-state index contributed by atoms with van der Waals surface area (Å²) in [5.41, 5.74) is 8.81. The Balaban J connectivity index is 2.22. The highest BCUT2D eigenvalue weighted by atomic mass is 79.9. The predicted octanol–water partition coefficient (Wildman–Crippen LogP) is 4.41. The lowest BCUT2D eigenvalue weighted by molar-refractivity contribution is 0.706. The maximum absolute atomic E-state index is 6.34. The van der Waals surface area contributed by atoms with Crippen molar-refractivity contribution in [2.24, 2.45) is 5.73 Å². The van der Waals surface area contributed by atoms with Gasteiger partial charge in [0.05, 0.1) is 0 Å². The van der Waals surface area contributed by atoms with Crippen molar-refractivity contribution in [3.8, 4) is 0 Å². The molecule has 1 unspecified atom stereocenters. The van der Waals surface area contributed by atoms with Crippen molar-refractivity contribution in [2.45, 2.75) is 17.4 Å². The first-order valence-corrected chi connectivity index (χ1v) is 7.86. The number of halogens is 1. The van der Waals surface area contributed by atoms with E-state index in [0.29, 0.717) is 0 Å². The van der Waals surface area contributed by atoms with E-state index < -0.39 is 0 Å². The highest BCUT2D eigenvalue weighted by molar-refractivity contribution is 9.10. The Bertz CT molecular complexity index is 527. The number of thioether (sulfide) groups is 1. The molecule has 0 aromatic heterocycles. The van der Waals surface area contributed by atoms with Crippen LogP contribution >= 0.6 is 27.7 Å². The Morgan fingerprint density at radius 2 is 1.78 bits per heavy atom. The monoisotopic (exact) mass is 321 g/mol. The van der Waals surface area contributed by atoms with Crippen LogP contribution in [0, 0.1) is 0 Å².